The summed E-state index contributed by atoms with van der Waals surface area (Å²) in [5.41, 5.74) is 0.759. The normalized spacial score (nSPS) is 12.1. The van der Waals surface area contributed by atoms with Gasteiger partial charge in [-0.2, -0.15) is 13.2 Å². The topological polar surface area (TPSA) is 77.0 Å². The van der Waals surface area contributed by atoms with Crippen LogP contribution in [0.4, 0.5) is 13.2 Å². The van der Waals surface area contributed by atoms with Crippen molar-refractivity contribution in [3.05, 3.63) is 23.9 Å². The molecule has 1 heterocycles. The molecule has 0 amide bonds. The number of nitrogens with one attached hydrogen (secondary N) is 2. The van der Waals surface area contributed by atoms with E-state index >= 15 is 0 Å². The fourth-order valence-electron chi connectivity index (χ4n) is 1.88. The van der Waals surface area contributed by atoms with Crippen LogP contribution in [0.25, 0.3) is 0 Å². The van der Waals surface area contributed by atoms with Gasteiger partial charge >= 0.3 is 6.18 Å². The van der Waals surface area contributed by atoms with Gasteiger partial charge in [0, 0.05) is 39.1 Å². The molecule has 27 heavy (non-hydrogen) atoms. The highest BCUT2D eigenvalue weighted by molar-refractivity contribution is 5.79. The van der Waals surface area contributed by atoms with Crippen LogP contribution in [-0.4, -0.2) is 63.7 Å². The second-order valence-electron chi connectivity index (χ2n) is 5.49. The zero-order chi connectivity index (χ0) is 20.0. The quantitative estimate of drug-likeness (QED) is 0.322. The number of ether oxygens (including phenoxy) is 3. The summed E-state index contributed by atoms with van der Waals surface area (Å²) in [6.07, 6.45) is -2.12. The maximum Gasteiger partial charge on any atom is 0.422 e. The van der Waals surface area contributed by atoms with Crippen LogP contribution in [0.1, 0.15) is 18.9 Å². The molecule has 1 aromatic heterocycles. The highest BCUT2D eigenvalue weighted by Gasteiger charge is 2.28. The minimum Gasteiger partial charge on any atom is -0.468 e. The van der Waals surface area contributed by atoms with E-state index in [1.165, 1.54) is 12.3 Å². The average Bonchev–Trinajstić information content (AvgIpc) is 2.64. The van der Waals surface area contributed by atoms with Crippen LogP contribution in [0.5, 0.6) is 5.88 Å². The summed E-state index contributed by atoms with van der Waals surface area (Å²) in [6, 6.07) is 3.03. The number of halogens is 3. The van der Waals surface area contributed by atoms with Crippen molar-refractivity contribution in [1.29, 1.82) is 0 Å². The molecule has 0 spiro atoms. The average molecular weight is 392 g/mol. The van der Waals surface area contributed by atoms with Crippen molar-refractivity contribution >= 4 is 5.96 Å². The van der Waals surface area contributed by atoms with Crippen LogP contribution >= 0.6 is 0 Å². The zero-order valence-electron chi connectivity index (χ0n) is 15.6. The number of hydrogen-bond donors (Lipinski definition) is 2. The standard InChI is InChI=1S/C17H27F3N4O3/c1-3-21-16(22-7-4-8-26-10-9-25-2)24-12-14-5-6-15(23-11-14)27-13-17(18,19)20/h5-6,11H,3-4,7-10,12-13H2,1-2H3,(H2,21,22,24). The molecule has 0 aliphatic heterocycles. The number of guanidine groups is 1. The van der Waals surface area contributed by atoms with E-state index in [1.807, 2.05) is 6.92 Å². The lowest BCUT2D eigenvalue weighted by atomic mass is 10.3. The highest BCUT2D eigenvalue weighted by Crippen LogP contribution is 2.17. The molecule has 1 rings (SSSR count). The predicted molar refractivity (Wildman–Crippen MR) is 95.9 cm³/mol. The number of rotatable bonds is 12. The molecule has 0 aliphatic carbocycles. The molecule has 154 valence electrons. The van der Waals surface area contributed by atoms with Gasteiger partial charge in [-0.3, -0.25) is 0 Å². The molecule has 0 unspecified atom stereocenters. The highest BCUT2D eigenvalue weighted by atomic mass is 19.4. The van der Waals surface area contributed by atoms with E-state index in [9.17, 15) is 13.2 Å². The van der Waals surface area contributed by atoms with Crippen molar-refractivity contribution in [3.8, 4) is 5.88 Å². The summed E-state index contributed by atoms with van der Waals surface area (Å²) in [6.45, 7) is 4.11. The summed E-state index contributed by atoms with van der Waals surface area (Å²) >= 11 is 0. The van der Waals surface area contributed by atoms with E-state index < -0.39 is 12.8 Å². The number of hydrogen-bond acceptors (Lipinski definition) is 5. The Kier molecular flexibility index (Phi) is 11.2. The Labute approximate surface area is 157 Å². The van der Waals surface area contributed by atoms with Crippen LogP contribution in [0, 0.1) is 0 Å². The molecule has 0 aliphatic rings. The fourth-order valence-corrected chi connectivity index (χ4v) is 1.88. The number of aromatic nitrogens is 1. The molecule has 7 nitrogen and oxygen atoms in total. The smallest absolute Gasteiger partial charge is 0.422 e. The molecule has 0 bridgehead atoms. The molecule has 10 heteroatoms. The molecular formula is C17H27F3N4O3. The van der Waals surface area contributed by atoms with Gasteiger partial charge in [0.25, 0.3) is 0 Å². The molecule has 0 saturated heterocycles. The summed E-state index contributed by atoms with van der Waals surface area (Å²) in [4.78, 5) is 8.28. The van der Waals surface area contributed by atoms with Gasteiger partial charge in [-0.15, -0.1) is 0 Å². The third-order valence-electron chi connectivity index (χ3n) is 3.13. The minimum atomic E-state index is -4.38. The Morgan fingerprint density at radius 3 is 2.63 bits per heavy atom. The number of pyridine rings is 1. The number of aliphatic imine (C=N–C) groups is 1. The van der Waals surface area contributed by atoms with Crippen molar-refractivity contribution in [3.63, 3.8) is 0 Å². The fraction of sp³-hybridized carbons (Fsp3) is 0.647. The van der Waals surface area contributed by atoms with Crippen molar-refractivity contribution in [2.24, 2.45) is 4.99 Å². The van der Waals surface area contributed by atoms with Crippen LogP contribution in [0.2, 0.25) is 0 Å². The van der Waals surface area contributed by atoms with Gasteiger partial charge in [0.2, 0.25) is 5.88 Å². The Balaban J connectivity index is 2.38. The first kappa shape index (κ1) is 23.0. The summed E-state index contributed by atoms with van der Waals surface area (Å²) < 4.78 is 51.2. The zero-order valence-corrected chi connectivity index (χ0v) is 15.6. The molecule has 0 radical (unpaired) electrons. The van der Waals surface area contributed by atoms with Gasteiger partial charge in [0.1, 0.15) is 0 Å². The summed E-state index contributed by atoms with van der Waals surface area (Å²) in [5.74, 6) is 0.574. The van der Waals surface area contributed by atoms with Crippen molar-refractivity contribution < 1.29 is 27.4 Å². The number of methoxy groups -OCH3 is 1. The monoisotopic (exact) mass is 392 g/mol. The predicted octanol–water partition coefficient (Wildman–Crippen LogP) is 2.13. The Hall–Kier alpha value is -2.07. The maximum absolute atomic E-state index is 12.1. The number of alkyl halides is 3. The molecular weight excluding hydrogens is 365 g/mol. The molecule has 0 saturated carbocycles. The summed E-state index contributed by atoms with van der Waals surface area (Å²) in [7, 11) is 1.63. The molecule has 1 aromatic rings. The van der Waals surface area contributed by atoms with E-state index in [2.05, 4.69) is 25.3 Å². The first-order valence-electron chi connectivity index (χ1n) is 8.68. The second-order valence-corrected chi connectivity index (χ2v) is 5.49. The van der Waals surface area contributed by atoms with Gasteiger partial charge in [-0.05, 0) is 18.9 Å². The van der Waals surface area contributed by atoms with E-state index in [0.29, 0.717) is 45.4 Å². The van der Waals surface area contributed by atoms with E-state index in [1.54, 1.807) is 13.2 Å². The second kappa shape index (κ2) is 13.2. The Morgan fingerprint density at radius 2 is 2.00 bits per heavy atom. The van der Waals surface area contributed by atoms with Crippen molar-refractivity contribution in [1.82, 2.24) is 15.6 Å². The molecule has 0 atom stereocenters. The van der Waals surface area contributed by atoms with Crippen molar-refractivity contribution in [2.75, 3.05) is 46.6 Å². The van der Waals surface area contributed by atoms with Crippen LogP contribution < -0.4 is 15.4 Å². The molecule has 2 N–H and O–H groups in total. The van der Waals surface area contributed by atoms with E-state index in [4.69, 9.17) is 9.47 Å². The third-order valence-corrected chi connectivity index (χ3v) is 3.13. The Morgan fingerprint density at radius 1 is 1.19 bits per heavy atom. The van der Waals surface area contributed by atoms with Crippen molar-refractivity contribution in [2.45, 2.75) is 26.1 Å². The summed E-state index contributed by atoms with van der Waals surface area (Å²) in [5, 5.41) is 6.31. The molecule has 0 fully saturated rings. The van der Waals surface area contributed by atoms with Gasteiger partial charge in [-0.25, -0.2) is 9.98 Å². The number of nitrogens with zero attached hydrogens (tertiary/aromatic N) is 2. The molecule has 0 aromatic carbocycles. The van der Waals surface area contributed by atoms with Gasteiger partial charge in [0.15, 0.2) is 12.6 Å². The SMILES string of the molecule is CCNC(=NCc1ccc(OCC(F)(F)F)nc1)NCCCOCCOC. The Bertz CT molecular complexity index is 539. The lowest BCUT2D eigenvalue weighted by Crippen LogP contribution is -2.38. The minimum absolute atomic E-state index is 0.0708. The van der Waals surface area contributed by atoms with Crippen LogP contribution in [0.3, 0.4) is 0 Å². The lowest BCUT2D eigenvalue weighted by molar-refractivity contribution is -0.154. The van der Waals surface area contributed by atoms with E-state index in [-0.39, 0.29) is 5.88 Å². The maximum atomic E-state index is 12.1. The third kappa shape index (κ3) is 12.0. The largest absolute Gasteiger partial charge is 0.468 e. The first-order valence-corrected chi connectivity index (χ1v) is 8.68. The van der Waals surface area contributed by atoms with Gasteiger partial charge in [0.05, 0.1) is 19.8 Å². The van der Waals surface area contributed by atoms with Crippen LogP contribution in [-0.2, 0) is 16.0 Å². The van der Waals surface area contributed by atoms with Gasteiger partial charge < -0.3 is 24.8 Å². The van der Waals surface area contributed by atoms with Crippen LogP contribution in [0.15, 0.2) is 23.3 Å². The first-order chi connectivity index (χ1) is 12.9. The lowest BCUT2D eigenvalue weighted by Gasteiger charge is -2.11. The van der Waals surface area contributed by atoms with E-state index in [0.717, 1.165) is 12.0 Å². The van der Waals surface area contributed by atoms with Gasteiger partial charge in [-0.1, -0.05) is 6.07 Å².